The predicted molar refractivity (Wildman–Crippen MR) is 136 cm³/mol. The molecule has 33 heavy (non-hydrogen) atoms. The minimum absolute atomic E-state index is 0.726. The average molecular weight is 519 g/mol. The van der Waals surface area contributed by atoms with Gasteiger partial charge in [-0.1, -0.05) is 50.5 Å². The Balaban J connectivity index is 0.000000209. The first-order valence-electron chi connectivity index (χ1n) is 10.6. The van der Waals surface area contributed by atoms with E-state index in [0.717, 1.165) is 22.8 Å². The fourth-order valence-electron chi connectivity index (χ4n) is 2.83. The molecule has 0 atom stereocenters. The van der Waals surface area contributed by atoms with E-state index >= 15 is 0 Å². The summed E-state index contributed by atoms with van der Waals surface area (Å²) in [4.78, 5) is 17.4. The Kier molecular flexibility index (Phi) is 11.8. The average Bonchev–Trinajstić information content (AvgIpc) is 2.86. The Morgan fingerprint density at radius 3 is 1.15 bits per heavy atom. The van der Waals surface area contributed by atoms with Gasteiger partial charge in [0.2, 0.25) is 0 Å². The van der Waals surface area contributed by atoms with Crippen molar-refractivity contribution in [2.24, 2.45) is 0 Å². The van der Waals surface area contributed by atoms with Gasteiger partial charge in [-0.3, -0.25) is 19.9 Å². The van der Waals surface area contributed by atoms with Crippen LogP contribution in [-0.4, -0.2) is 45.9 Å². The quantitative estimate of drug-likeness (QED) is 0.404. The summed E-state index contributed by atoms with van der Waals surface area (Å²) in [6.45, 7) is 9.21. The third-order valence-electron chi connectivity index (χ3n) is 4.76. The van der Waals surface area contributed by atoms with Crippen LogP contribution in [0.1, 0.15) is 0 Å². The second-order valence-corrected chi connectivity index (χ2v) is 13.9. The zero-order valence-corrected chi connectivity index (χ0v) is 22.7. The van der Waals surface area contributed by atoms with Crippen molar-refractivity contribution < 1.29 is 24.0 Å². The molecule has 0 saturated carbocycles. The molecule has 0 radical (unpaired) electrons. The Morgan fingerprint density at radius 2 is 0.909 bits per heavy atom. The van der Waals surface area contributed by atoms with E-state index < -0.39 is 33.2 Å². The molecular formula is C24H30FeN4O2Si2. The first-order valence-corrected chi connectivity index (χ1v) is 17.4. The van der Waals surface area contributed by atoms with Crippen molar-refractivity contribution in [1.82, 2.24) is 19.9 Å². The van der Waals surface area contributed by atoms with Crippen molar-refractivity contribution >= 4 is 28.0 Å². The van der Waals surface area contributed by atoms with E-state index in [9.17, 15) is 0 Å². The molecule has 0 amide bonds. The van der Waals surface area contributed by atoms with Crippen molar-refractivity contribution in [3.05, 3.63) is 85.5 Å². The summed E-state index contributed by atoms with van der Waals surface area (Å²) in [5.41, 5.74) is 3.78. The van der Waals surface area contributed by atoms with Crippen LogP contribution in [0.2, 0.25) is 26.2 Å². The van der Waals surface area contributed by atoms with Gasteiger partial charge in [-0.25, -0.2) is 0 Å². The maximum atomic E-state index is 7.12. The predicted octanol–water partition coefficient (Wildman–Crippen LogP) is 2.56. The first-order chi connectivity index (χ1) is 16.0. The second-order valence-electron chi connectivity index (χ2n) is 7.76. The van der Waals surface area contributed by atoms with Crippen LogP contribution >= 0.6 is 0 Å². The van der Waals surface area contributed by atoms with Crippen LogP contribution in [-0.2, 0) is 15.6 Å². The Morgan fingerprint density at radius 1 is 0.545 bits per heavy atom. The van der Waals surface area contributed by atoms with E-state index in [1.54, 1.807) is 12.4 Å². The van der Waals surface area contributed by atoms with Crippen molar-refractivity contribution in [2.75, 3.05) is 0 Å². The number of pyridine rings is 4. The van der Waals surface area contributed by atoms with Gasteiger partial charge in [-0.15, -0.1) is 0 Å². The molecular weight excluding hydrogens is 488 g/mol. The zero-order valence-electron chi connectivity index (χ0n) is 19.3. The van der Waals surface area contributed by atoms with Crippen molar-refractivity contribution in [3.8, 4) is 22.8 Å². The van der Waals surface area contributed by atoms with Crippen LogP contribution in [0.5, 0.6) is 0 Å². The fourth-order valence-corrected chi connectivity index (χ4v) is 4.53. The summed E-state index contributed by atoms with van der Waals surface area (Å²) in [6.07, 6.45) is 7.56. The Bertz CT molecular complexity index is 966. The number of aromatic nitrogens is 4. The summed E-state index contributed by atoms with van der Waals surface area (Å²) < 4.78 is 14.2. The molecule has 2 N–H and O–H groups in total. The van der Waals surface area contributed by atoms with Crippen molar-refractivity contribution in [3.63, 3.8) is 0 Å². The molecule has 4 aromatic rings. The number of hydrogen-bond donors (Lipinski definition) is 2. The Labute approximate surface area is 205 Å². The molecule has 4 aromatic heterocycles. The minimum atomic E-state index is -0.750. The zero-order chi connectivity index (χ0) is 24.1. The van der Waals surface area contributed by atoms with Gasteiger partial charge in [-0.2, -0.15) is 0 Å². The molecule has 0 fully saturated rings. The Hall–Kier alpha value is -2.53. The summed E-state index contributed by atoms with van der Waals surface area (Å²) in [7, 11) is -1.45. The molecule has 0 saturated heterocycles. The summed E-state index contributed by atoms with van der Waals surface area (Å²) in [5, 5.41) is 2.80. The van der Waals surface area contributed by atoms with Gasteiger partial charge in [0.15, 0.2) is 0 Å². The van der Waals surface area contributed by atoms with Gasteiger partial charge < -0.3 is 0 Å². The first kappa shape index (κ1) is 26.7. The molecule has 174 valence electrons. The van der Waals surface area contributed by atoms with Crippen molar-refractivity contribution in [1.29, 1.82) is 0 Å². The molecule has 6 nitrogen and oxygen atoms in total. The van der Waals surface area contributed by atoms with Gasteiger partial charge in [0.1, 0.15) is 0 Å². The summed E-state index contributed by atoms with van der Waals surface area (Å²) in [5.74, 6) is 0. The normalized spacial score (nSPS) is 10.3. The topological polar surface area (TPSA) is 92.0 Å². The third-order valence-corrected chi connectivity index (χ3v) is 8.11. The molecule has 0 spiro atoms. The van der Waals surface area contributed by atoms with E-state index in [1.165, 1.54) is 10.4 Å². The van der Waals surface area contributed by atoms with Gasteiger partial charge in [0, 0.05) is 24.8 Å². The summed E-state index contributed by atoms with van der Waals surface area (Å²) >= 11 is -0.750. The van der Waals surface area contributed by atoms with E-state index in [1.807, 2.05) is 48.8 Å². The van der Waals surface area contributed by atoms with Gasteiger partial charge >= 0.3 is 24.0 Å². The standard InChI is InChI=1S/2C12H14N2Si.Fe.2H2O/c2*1-15(2)10-6-7-12(14-9-10)11-5-3-4-8-13-11;;;/h2*3-9,15H,1-2H3;;2*1H2/q;;+2;;/p-2. The van der Waals surface area contributed by atoms with E-state index in [0.29, 0.717) is 0 Å². The molecule has 0 unspecified atom stereocenters. The van der Waals surface area contributed by atoms with Crippen LogP contribution in [0.3, 0.4) is 0 Å². The maximum absolute atomic E-state index is 7.12. The molecule has 4 heterocycles. The second kappa shape index (κ2) is 14.6. The van der Waals surface area contributed by atoms with Gasteiger partial charge in [-0.05, 0) is 46.8 Å². The third kappa shape index (κ3) is 9.09. The van der Waals surface area contributed by atoms with E-state index in [-0.39, 0.29) is 0 Å². The van der Waals surface area contributed by atoms with Gasteiger partial charge in [0.25, 0.3) is 0 Å². The fraction of sp³-hybridized carbons (Fsp3) is 0.167. The molecule has 0 aromatic carbocycles. The molecule has 9 heteroatoms. The molecule has 0 aliphatic rings. The number of nitrogens with zero attached hydrogens (tertiary/aromatic N) is 4. The van der Waals surface area contributed by atoms with Crippen LogP contribution in [0.4, 0.5) is 0 Å². The molecule has 0 aliphatic heterocycles. The van der Waals surface area contributed by atoms with Crippen LogP contribution in [0.25, 0.3) is 22.8 Å². The van der Waals surface area contributed by atoms with Gasteiger partial charge in [0.05, 0.1) is 40.4 Å². The molecule has 0 bridgehead atoms. The molecule has 4 rings (SSSR count). The SMILES string of the molecule is C[SiH](C)c1ccc(-c2ccccn2)nc1.C[SiH](C)c1ccc(-c2ccccn2)nc1.[OH][Fe][OH]. The number of rotatable bonds is 4. The summed E-state index contributed by atoms with van der Waals surface area (Å²) in [6, 6.07) is 20.2. The van der Waals surface area contributed by atoms with Crippen molar-refractivity contribution in [2.45, 2.75) is 26.2 Å². The number of hydrogen-bond acceptors (Lipinski definition) is 6. The monoisotopic (exact) mass is 518 g/mol. The van der Waals surface area contributed by atoms with Crippen LogP contribution in [0.15, 0.2) is 85.5 Å². The van der Waals surface area contributed by atoms with E-state index in [4.69, 9.17) is 8.38 Å². The van der Waals surface area contributed by atoms with Crippen LogP contribution < -0.4 is 10.4 Å². The van der Waals surface area contributed by atoms with Crippen LogP contribution in [0, 0.1) is 0 Å². The van der Waals surface area contributed by atoms with E-state index in [2.05, 4.69) is 70.4 Å². The molecule has 0 aliphatic carbocycles.